The Morgan fingerprint density at radius 2 is 1.64 bits per heavy atom. The summed E-state index contributed by atoms with van der Waals surface area (Å²) in [5.41, 5.74) is 0.712. The van der Waals surface area contributed by atoms with E-state index in [4.69, 9.17) is 0 Å². The van der Waals surface area contributed by atoms with Crippen LogP contribution in [-0.2, 0) is 6.54 Å². The molecular weight excluding hydrogens is 423 g/mol. The molecule has 0 saturated heterocycles. The maximum atomic E-state index is 14.4. The predicted molar refractivity (Wildman–Crippen MR) is 110 cm³/mol. The van der Waals surface area contributed by atoms with Crippen molar-refractivity contribution in [1.29, 1.82) is 0 Å². The van der Waals surface area contributed by atoms with Crippen LogP contribution in [-0.4, -0.2) is 15.3 Å². The van der Waals surface area contributed by atoms with Crippen LogP contribution in [0, 0.1) is 5.82 Å². The molecule has 1 aromatic heterocycles. The number of ketones is 1. The third kappa shape index (κ3) is 3.39. The molecule has 4 nitrogen and oxygen atoms in total. The molecule has 138 valence electrons. The fraction of sp³-hybridized carbons (Fsp3) is 0.0455. The highest BCUT2D eigenvalue weighted by molar-refractivity contribution is 9.10. The Morgan fingerprint density at radius 3 is 2.39 bits per heavy atom. The summed E-state index contributed by atoms with van der Waals surface area (Å²) in [7, 11) is 0. The first kappa shape index (κ1) is 18.3. The molecule has 0 aliphatic heterocycles. The lowest BCUT2D eigenvalue weighted by Gasteiger charge is -2.14. The van der Waals surface area contributed by atoms with Crippen LogP contribution >= 0.6 is 15.9 Å². The maximum Gasteiger partial charge on any atom is 0.262 e. The summed E-state index contributed by atoms with van der Waals surface area (Å²) in [6, 6.07) is 19.8. The van der Waals surface area contributed by atoms with E-state index in [0.29, 0.717) is 16.5 Å². The minimum atomic E-state index is -0.505. The second kappa shape index (κ2) is 7.48. The van der Waals surface area contributed by atoms with E-state index in [1.54, 1.807) is 66.7 Å². The van der Waals surface area contributed by atoms with Gasteiger partial charge in [0.1, 0.15) is 11.6 Å². The van der Waals surface area contributed by atoms with Gasteiger partial charge in [0.2, 0.25) is 0 Å². The van der Waals surface area contributed by atoms with Crippen LogP contribution in [0.3, 0.4) is 0 Å². The van der Waals surface area contributed by atoms with Gasteiger partial charge in [-0.1, -0.05) is 52.3 Å². The number of Topliss-reactive ketones (excluding diaryl/α,β-unsaturated/α-hetero) is 1. The first-order valence-electron chi connectivity index (χ1n) is 8.58. The monoisotopic (exact) mass is 436 g/mol. The van der Waals surface area contributed by atoms with Crippen molar-refractivity contribution >= 4 is 32.6 Å². The Hall–Kier alpha value is -3.12. The molecule has 0 spiro atoms. The number of rotatable bonds is 4. The topological polar surface area (TPSA) is 52.0 Å². The average molecular weight is 437 g/mol. The predicted octanol–water partition coefficient (Wildman–Crippen LogP) is 4.85. The molecule has 3 aromatic carbocycles. The molecule has 0 atom stereocenters. The quantitative estimate of drug-likeness (QED) is 0.429. The molecule has 0 aliphatic rings. The molecule has 0 amide bonds. The first-order valence-corrected chi connectivity index (χ1v) is 9.37. The van der Waals surface area contributed by atoms with Gasteiger partial charge in [-0.25, -0.2) is 9.37 Å². The van der Waals surface area contributed by atoms with Crippen molar-refractivity contribution in [2.75, 3.05) is 0 Å². The van der Waals surface area contributed by atoms with Crippen molar-refractivity contribution in [3.8, 4) is 11.4 Å². The van der Waals surface area contributed by atoms with Crippen molar-refractivity contribution in [2.24, 2.45) is 0 Å². The number of benzene rings is 3. The van der Waals surface area contributed by atoms with E-state index < -0.39 is 5.82 Å². The Morgan fingerprint density at radius 1 is 0.964 bits per heavy atom. The Balaban J connectivity index is 1.90. The fourth-order valence-corrected chi connectivity index (χ4v) is 3.30. The van der Waals surface area contributed by atoms with Crippen molar-refractivity contribution in [2.45, 2.75) is 6.54 Å². The molecule has 0 fully saturated rings. The molecule has 0 aliphatic carbocycles. The molecule has 6 heteroatoms. The number of nitrogens with zero attached hydrogens (tertiary/aromatic N) is 2. The standard InChI is InChI=1S/C22H14BrFN2O2/c23-15-11-9-14(10-12-15)20(27)13-26-21(16-5-1-3-7-18(16)24)25-19-8-4-2-6-17(19)22(26)28/h1-12H,13H2. The summed E-state index contributed by atoms with van der Waals surface area (Å²) >= 11 is 3.33. The lowest BCUT2D eigenvalue weighted by atomic mass is 10.1. The SMILES string of the molecule is O=C(Cn1c(-c2ccccc2F)nc2ccccc2c1=O)c1ccc(Br)cc1. The van der Waals surface area contributed by atoms with E-state index in [-0.39, 0.29) is 29.3 Å². The number of para-hydroxylation sites is 1. The highest BCUT2D eigenvalue weighted by Gasteiger charge is 2.18. The first-order chi connectivity index (χ1) is 13.5. The molecule has 28 heavy (non-hydrogen) atoms. The molecule has 0 saturated carbocycles. The second-order valence-electron chi connectivity index (χ2n) is 6.25. The molecule has 4 rings (SSSR count). The Labute approximate surface area is 168 Å². The Kier molecular flexibility index (Phi) is 4.88. The summed E-state index contributed by atoms with van der Waals surface area (Å²) in [6.07, 6.45) is 0. The largest absolute Gasteiger partial charge is 0.292 e. The van der Waals surface area contributed by atoms with Crippen LogP contribution in [0.1, 0.15) is 10.4 Å². The van der Waals surface area contributed by atoms with Crippen molar-refractivity contribution in [3.05, 3.63) is 99.0 Å². The maximum absolute atomic E-state index is 14.4. The van der Waals surface area contributed by atoms with Gasteiger partial charge in [-0.05, 0) is 36.4 Å². The molecule has 0 radical (unpaired) electrons. The normalized spacial score (nSPS) is 10.9. The number of fused-ring (bicyclic) bond motifs is 1. The minimum absolute atomic E-state index is 0.132. The number of carbonyl (C=O) groups excluding carboxylic acids is 1. The number of hydrogen-bond acceptors (Lipinski definition) is 3. The van der Waals surface area contributed by atoms with E-state index in [9.17, 15) is 14.0 Å². The summed E-state index contributed by atoms with van der Waals surface area (Å²) in [6.45, 7) is -0.234. The van der Waals surface area contributed by atoms with E-state index in [0.717, 1.165) is 4.47 Å². The van der Waals surface area contributed by atoms with Gasteiger partial charge < -0.3 is 0 Å². The van der Waals surface area contributed by atoms with Crippen molar-refractivity contribution < 1.29 is 9.18 Å². The fourth-order valence-electron chi connectivity index (χ4n) is 3.03. The summed E-state index contributed by atoms with van der Waals surface area (Å²) in [4.78, 5) is 30.4. The number of halogens is 2. The molecular formula is C22H14BrFN2O2. The third-order valence-corrected chi connectivity index (χ3v) is 4.97. The van der Waals surface area contributed by atoms with E-state index >= 15 is 0 Å². The smallest absolute Gasteiger partial charge is 0.262 e. The summed E-state index contributed by atoms with van der Waals surface area (Å²) in [5.74, 6) is -0.633. The molecule has 4 aromatic rings. The van der Waals surface area contributed by atoms with Crippen LogP contribution in [0.25, 0.3) is 22.3 Å². The zero-order valence-electron chi connectivity index (χ0n) is 14.6. The zero-order valence-corrected chi connectivity index (χ0v) is 16.2. The minimum Gasteiger partial charge on any atom is -0.292 e. The van der Waals surface area contributed by atoms with Gasteiger partial charge in [0, 0.05) is 10.0 Å². The van der Waals surface area contributed by atoms with Gasteiger partial charge in [0.25, 0.3) is 5.56 Å². The van der Waals surface area contributed by atoms with Gasteiger partial charge in [0.05, 0.1) is 23.0 Å². The van der Waals surface area contributed by atoms with Gasteiger partial charge in [-0.15, -0.1) is 0 Å². The highest BCUT2D eigenvalue weighted by Crippen LogP contribution is 2.22. The third-order valence-electron chi connectivity index (χ3n) is 4.44. The Bertz CT molecular complexity index is 1250. The van der Waals surface area contributed by atoms with Crippen LogP contribution in [0.2, 0.25) is 0 Å². The molecule has 0 N–H and O–H groups in total. The molecule has 0 unspecified atom stereocenters. The van der Waals surface area contributed by atoms with Gasteiger partial charge in [-0.2, -0.15) is 0 Å². The van der Waals surface area contributed by atoms with Gasteiger partial charge >= 0.3 is 0 Å². The number of aromatic nitrogens is 2. The van der Waals surface area contributed by atoms with Crippen LogP contribution in [0.5, 0.6) is 0 Å². The second-order valence-corrected chi connectivity index (χ2v) is 7.17. The van der Waals surface area contributed by atoms with Crippen LogP contribution in [0.15, 0.2) is 82.1 Å². The van der Waals surface area contributed by atoms with E-state index in [2.05, 4.69) is 20.9 Å². The van der Waals surface area contributed by atoms with Crippen LogP contribution < -0.4 is 5.56 Å². The average Bonchev–Trinajstić information content (AvgIpc) is 2.71. The van der Waals surface area contributed by atoms with Crippen molar-refractivity contribution in [3.63, 3.8) is 0 Å². The molecule has 1 heterocycles. The van der Waals surface area contributed by atoms with Gasteiger partial charge in [0.15, 0.2) is 5.78 Å². The lowest BCUT2D eigenvalue weighted by molar-refractivity contribution is 0.0971. The van der Waals surface area contributed by atoms with Gasteiger partial charge in [-0.3, -0.25) is 14.2 Å². The summed E-state index contributed by atoms with van der Waals surface area (Å²) < 4.78 is 16.5. The van der Waals surface area contributed by atoms with Crippen LogP contribution in [0.4, 0.5) is 4.39 Å². The zero-order chi connectivity index (χ0) is 19.7. The summed E-state index contributed by atoms with van der Waals surface area (Å²) in [5, 5.41) is 0.381. The molecule has 0 bridgehead atoms. The number of carbonyl (C=O) groups is 1. The number of hydrogen-bond donors (Lipinski definition) is 0. The lowest BCUT2D eigenvalue weighted by Crippen LogP contribution is -2.27. The highest BCUT2D eigenvalue weighted by atomic mass is 79.9. The van der Waals surface area contributed by atoms with Crippen molar-refractivity contribution in [1.82, 2.24) is 9.55 Å². The van der Waals surface area contributed by atoms with E-state index in [1.165, 1.54) is 10.6 Å². The van der Waals surface area contributed by atoms with E-state index in [1.807, 2.05) is 0 Å².